The first-order chi connectivity index (χ1) is 15.0. The van der Waals surface area contributed by atoms with Crippen LogP contribution in [-0.4, -0.2) is 20.4 Å². The maximum Gasteiger partial charge on any atom is 0.247 e. The van der Waals surface area contributed by atoms with E-state index in [0.29, 0.717) is 34.2 Å². The Hall–Kier alpha value is -3.26. The molecule has 1 N–H and O–H groups in total. The van der Waals surface area contributed by atoms with E-state index in [1.54, 1.807) is 18.3 Å². The zero-order chi connectivity index (χ0) is 21.8. The Balaban J connectivity index is 1.65. The molecule has 31 heavy (non-hydrogen) atoms. The predicted octanol–water partition coefficient (Wildman–Crippen LogP) is 5.59. The van der Waals surface area contributed by atoms with Crippen LogP contribution in [0, 0.1) is 11.6 Å². The number of carbonyl (C=O) groups excluding carboxylic acids is 1. The van der Waals surface area contributed by atoms with Crippen molar-refractivity contribution in [2.75, 3.05) is 5.32 Å². The average molecular weight is 439 g/mol. The van der Waals surface area contributed by atoms with Crippen molar-refractivity contribution >= 4 is 34.5 Å². The molecule has 0 radical (unpaired) electrons. The molecule has 8 heteroatoms. The van der Waals surface area contributed by atoms with Gasteiger partial charge in [0.05, 0.1) is 0 Å². The molecule has 0 aliphatic carbocycles. The molecule has 0 bridgehead atoms. The Bertz CT molecular complexity index is 1210. The summed E-state index contributed by atoms with van der Waals surface area (Å²) in [5.41, 5.74) is 2.61. The molecule has 0 saturated carbocycles. The van der Waals surface area contributed by atoms with Crippen molar-refractivity contribution in [1.82, 2.24) is 14.5 Å². The average Bonchev–Trinajstić information content (AvgIpc) is 3.13. The van der Waals surface area contributed by atoms with Gasteiger partial charge in [-0.05, 0) is 60.5 Å². The molecule has 0 fully saturated rings. The number of anilines is 1. The van der Waals surface area contributed by atoms with Crippen molar-refractivity contribution in [1.29, 1.82) is 0 Å². The Morgan fingerprint density at radius 1 is 1.10 bits per heavy atom. The molecule has 5 nitrogen and oxygen atoms in total. The monoisotopic (exact) mass is 438 g/mol. The van der Waals surface area contributed by atoms with Crippen LogP contribution in [0.15, 0.2) is 72.0 Å². The molecule has 1 atom stereocenters. The van der Waals surface area contributed by atoms with Gasteiger partial charge in [0.25, 0.3) is 0 Å². The smallest absolute Gasteiger partial charge is 0.247 e. The summed E-state index contributed by atoms with van der Waals surface area (Å²) in [7, 11) is 0. The highest BCUT2D eigenvalue weighted by molar-refractivity contribution is 7.98. The molecule has 0 aliphatic heterocycles. The largest absolute Gasteiger partial charge is 0.324 e. The van der Waals surface area contributed by atoms with E-state index in [0.717, 1.165) is 5.56 Å². The molecule has 4 aromatic rings. The van der Waals surface area contributed by atoms with Crippen LogP contribution in [0.25, 0.3) is 11.2 Å². The van der Waals surface area contributed by atoms with E-state index in [-0.39, 0.29) is 17.5 Å². The van der Waals surface area contributed by atoms with E-state index < -0.39 is 6.04 Å². The zero-order valence-electron chi connectivity index (χ0n) is 16.8. The van der Waals surface area contributed by atoms with Gasteiger partial charge in [-0.2, -0.15) is 0 Å². The number of benzene rings is 2. The van der Waals surface area contributed by atoms with Gasteiger partial charge < -0.3 is 5.32 Å². The van der Waals surface area contributed by atoms with Crippen LogP contribution >= 0.6 is 11.8 Å². The Kier molecular flexibility index (Phi) is 6.27. The molecule has 0 spiro atoms. The first-order valence-electron chi connectivity index (χ1n) is 9.81. The summed E-state index contributed by atoms with van der Waals surface area (Å²) in [5.74, 6) is -0.409. The highest BCUT2D eigenvalue weighted by Gasteiger charge is 2.25. The second-order valence-electron chi connectivity index (χ2n) is 6.95. The van der Waals surface area contributed by atoms with Crippen molar-refractivity contribution in [3.63, 3.8) is 0 Å². The van der Waals surface area contributed by atoms with Gasteiger partial charge in [0.1, 0.15) is 23.2 Å². The number of aromatic nitrogens is 3. The van der Waals surface area contributed by atoms with Gasteiger partial charge in [0.15, 0.2) is 10.8 Å². The van der Waals surface area contributed by atoms with Crippen molar-refractivity contribution in [3.05, 3.63) is 84.1 Å². The van der Waals surface area contributed by atoms with Gasteiger partial charge in [0, 0.05) is 17.6 Å². The van der Waals surface area contributed by atoms with Crippen molar-refractivity contribution in [3.8, 4) is 0 Å². The highest BCUT2D eigenvalue weighted by Crippen LogP contribution is 2.31. The number of nitrogens with one attached hydrogen (secondary N) is 1. The van der Waals surface area contributed by atoms with Gasteiger partial charge in [-0.25, -0.2) is 18.7 Å². The number of rotatable bonds is 7. The Morgan fingerprint density at radius 2 is 1.90 bits per heavy atom. The molecule has 1 amide bonds. The number of nitrogens with zero attached hydrogens (tertiary/aromatic N) is 3. The predicted molar refractivity (Wildman–Crippen MR) is 118 cm³/mol. The van der Waals surface area contributed by atoms with Crippen LogP contribution in [0.1, 0.15) is 24.9 Å². The standard InChI is InChI=1S/C23H20F2N4OS/c1-2-20(22(30)27-18-10-8-16(24)9-11-18)29-21-19(7-4-12-26-21)28-23(29)31-14-15-5-3-6-17(25)13-15/h3-13,20H,2,14H2,1H3,(H,27,30). The topological polar surface area (TPSA) is 59.8 Å². The van der Waals surface area contributed by atoms with E-state index in [4.69, 9.17) is 0 Å². The number of halogens is 2. The number of pyridine rings is 1. The molecular weight excluding hydrogens is 418 g/mol. The van der Waals surface area contributed by atoms with Gasteiger partial charge in [0.2, 0.25) is 5.91 Å². The number of thioether (sulfide) groups is 1. The molecule has 0 aliphatic rings. The molecule has 1 unspecified atom stereocenters. The van der Waals surface area contributed by atoms with Crippen LogP contribution in [0.2, 0.25) is 0 Å². The van der Waals surface area contributed by atoms with Crippen molar-refractivity contribution in [2.45, 2.75) is 30.3 Å². The summed E-state index contributed by atoms with van der Waals surface area (Å²) >= 11 is 1.42. The molecule has 4 rings (SSSR count). The zero-order valence-corrected chi connectivity index (χ0v) is 17.6. The normalized spacial score (nSPS) is 12.1. The molecule has 0 saturated heterocycles. The van der Waals surface area contributed by atoms with E-state index in [2.05, 4.69) is 15.3 Å². The van der Waals surface area contributed by atoms with Crippen molar-refractivity contribution in [2.24, 2.45) is 0 Å². The third-order valence-electron chi connectivity index (χ3n) is 4.79. The van der Waals surface area contributed by atoms with Gasteiger partial charge in [-0.1, -0.05) is 30.8 Å². The minimum atomic E-state index is -0.569. The number of fused-ring (bicyclic) bond motifs is 1. The number of carbonyl (C=O) groups is 1. The third-order valence-corrected chi connectivity index (χ3v) is 5.81. The first-order valence-corrected chi connectivity index (χ1v) is 10.8. The molecule has 2 aromatic heterocycles. The summed E-state index contributed by atoms with van der Waals surface area (Å²) in [6.45, 7) is 1.91. The fraction of sp³-hybridized carbons (Fsp3) is 0.174. The maximum atomic E-state index is 13.5. The van der Waals surface area contributed by atoms with Crippen molar-refractivity contribution < 1.29 is 13.6 Å². The SMILES string of the molecule is CCC(C(=O)Nc1ccc(F)cc1)n1c(SCc2cccc(F)c2)nc2cccnc21. The molecular formula is C23H20F2N4OS. The van der Waals surface area contributed by atoms with Crippen LogP contribution < -0.4 is 5.32 Å². The van der Waals surface area contributed by atoms with Crippen LogP contribution in [0.5, 0.6) is 0 Å². The van der Waals surface area contributed by atoms with E-state index >= 15 is 0 Å². The molecule has 2 aromatic carbocycles. The van der Waals surface area contributed by atoms with E-state index in [1.165, 1.54) is 48.2 Å². The lowest BCUT2D eigenvalue weighted by Gasteiger charge is -2.19. The second-order valence-corrected chi connectivity index (χ2v) is 7.89. The summed E-state index contributed by atoms with van der Waals surface area (Å²) in [6, 6.07) is 15.1. The fourth-order valence-corrected chi connectivity index (χ4v) is 4.30. The summed E-state index contributed by atoms with van der Waals surface area (Å²) in [5, 5.41) is 3.46. The lowest BCUT2D eigenvalue weighted by Crippen LogP contribution is -2.26. The minimum absolute atomic E-state index is 0.244. The quantitative estimate of drug-likeness (QED) is 0.382. The first kappa shape index (κ1) is 21.0. The number of imidazole rings is 1. The van der Waals surface area contributed by atoms with Crippen LogP contribution in [0.4, 0.5) is 14.5 Å². The second kappa shape index (κ2) is 9.26. The molecule has 158 valence electrons. The Morgan fingerprint density at radius 3 is 2.65 bits per heavy atom. The van der Waals surface area contributed by atoms with E-state index in [9.17, 15) is 13.6 Å². The number of hydrogen-bond acceptors (Lipinski definition) is 4. The number of hydrogen-bond donors (Lipinski definition) is 1. The Labute approximate surface area is 182 Å². The highest BCUT2D eigenvalue weighted by atomic mass is 32.2. The van der Waals surface area contributed by atoms with Crippen LogP contribution in [-0.2, 0) is 10.5 Å². The summed E-state index contributed by atoms with van der Waals surface area (Å²) < 4.78 is 28.6. The molecule has 2 heterocycles. The van der Waals surface area contributed by atoms with Crippen LogP contribution in [0.3, 0.4) is 0 Å². The lowest BCUT2D eigenvalue weighted by molar-refractivity contribution is -0.119. The minimum Gasteiger partial charge on any atom is -0.324 e. The lowest BCUT2D eigenvalue weighted by atomic mass is 10.2. The van der Waals surface area contributed by atoms with Gasteiger partial charge >= 0.3 is 0 Å². The summed E-state index contributed by atoms with van der Waals surface area (Å²) in [4.78, 5) is 22.2. The summed E-state index contributed by atoms with van der Waals surface area (Å²) in [6.07, 6.45) is 2.16. The fourth-order valence-electron chi connectivity index (χ4n) is 3.31. The van der Waals surface area contributed by atoms with E-state index in [1.807, 2.05) is 23.6 Å². The third kappa shape index (κ3) is 4.74. The van der Waals surface area contributed by atoms with Gasteiger partial charge in [-0.3, -0.25) is 9.36 Å². The van der Waals surface area contributed by atoms with Gasteiger partial charge in [-0.15, -0.1) is 0 Å². The number of amides is 1. The maximum absolute atomic E-state index is 13.5.